The molecule has 0 amide bonds. The molecule has 0 N–H and O–H groups in total. The Morgan fingerprint density at radius 1 is 0.919 bits per heavy atom. The van der Waals surface area contributed by atoms with Crippen molar-refractivity contribution in [2.24, 2.45) is 0 Å². The van der Waals surface area contributed by atoms with Gasteiger partial charge in [-0.05, 0) is 65.2 Å². The molecule has 37 heavy (non-hydrogen) atoms. The molecule has 0 fully saturated rings. The highest BCUT2D eigenvalue weighted by molar-refractivity contribution is 7.88. The van der Waals surface area contributed by atoms with Gasteiger partial charge in [0.1, 0.15) is 5.75 Å². The molecule has 9 heteroatoms. The zero-order valence-electron chi connectivity index (χ0n) is 23.2. The van der Waals surface area contributed by atoms with Crippen LogP contribution in [0.2, 0.25) is 13.1 Å². The van der Waals surface area contributed by atoms with Crippen molar-refractivity contribution in [3.05, 3.63) is 58.2 Å². The van der Waals surface area contributed by atoms with E-state index in [2.05, 4.69) is 53.7 Å². The first-order valence-electron chi connectivity index (χ1n) is 12.2. The Kier molecular flexibility index (Phi) is 7.38. The summed E-state index contributed by atoms with van der Waals surface area (Å²) in [5.74, 6) is 0.847. The molecular weight excluding hydrogens is 517 g/mol. The van der Waals surface area contributed by atoms with Gasteiger partial charge in [0.25, 0.3) is 0 Å². The molecule has 0 spiro atoms. The lowest BCUT2D eigenvalue weighted by Gasteiger charge is -2.31. The first kappa shape index (κ1) is 29.5. The first-order chi connectivity index (χ1) is 16.6. The van der Waals surface area contributed by atoms with E-state index in [0.717, 1.165) is 44.7 Å². The van der Waals surface area contributed by atoms with Gasteiger partial charge in [-0.2, -0.15) is 21.6 Å². The minimum absolute atomic E-state index is 0.206. The number of rotatable bonds is 5. The van der Waals surface area contributed by atoms with E-state index in [4.69, 9.17) is 8.61 Å². The van der Waals surface area contributed by atoms with Crippen LogP contribution < -0.4 is 4.74 Å². The minimum atomic E-state index is -5.71. The molecule has 0 heterocycles. The summed E-state index contributed by atoms with van der Waals surface area (Å²) in [6, 6.07) is 9.95. The van der Waals surface area contributed by atoms with Gasteiger partial charge in [0.15, 0.2) is 0 Å². The van der Waals surface area contributed by atoms with Gasteiger partial charge < -0.3 is 8.61 Å². The monoisotopic (exact) mass is 554 g/mol. The van der Waals surface area contributed by atoms with Crippen molar-refractivity contribution < 1.29 is 30.2 Å². The summed E-state index contributed by atoms with van der Waals surface area (Å²) in [5.41, 5.74) is 0.0525. The van der Waals surface area contributed by atoms with Crippen LogP contribution in [0.5, 0.6) is 5.75 Å². The first-order valence-corrected chi connectivity index (χ1v) is 16.6. The Bertz CT molecular complexity index is 1310. The maximum atomic E-state index is 13.1. The van der Waals surface area contributed by atoms with Crippen LogP contribution in [0.3, 0.4) is 0 Å². The van der Waals surface area contributed by atoms with E-state index in [9.17, 15) is 21.6 Å². The van der Waals surface area contributed by atoms with Crippen LogP contribution in [0.25, 0.3) is 17.2 Å². The van der Waals surface area contributed by atoms with Gasteiger partial charge in [0, 0.05) is 16.7 Å². The van der Waals surface area contributed by atoms with E-state index in [1.54, 1.807) is 7.11 Å². The minimum Gasteiger partial charge on any atom is -0.496 e. The van der Waals surface area contributed by atoms with Crippen molar-refractivity contribution in [3.63, 3.8) is 0 Å². The molecule has 204 valence electrons. The van der Waals surface area contributed by atoms with E-state index in [-0.39, 0.29) is 10.8 Å². The largest absolute Gasteiger partial charge is 0.522 e. The lowest BCUT2D eigenvalue weighted by molar-refractivity contribution is -0.0504. The number of hydrogen-bond acceptors (Lipinski definition) is 4. The smallest absolute Gasteiger partial charge is 0.496 e. The van der Waals surface area contributed by atoms with Crippen LogP contribution in [0, 0.1) is 0 Å². The van der Waals surface area contributed by atoms with Crippen molar-refractivity contribution in [1.82, 2.24) is 0 Å². The standard InChI is InChI=1S/C28H37F3O4SSi/c1-17-14-21-19(18-15-22(26(2,3)4)24(34-8)23(16-18)27(5,6)7)12-11-13-20(21)25(17)37(9,10)35-36(32,33)28(29,30)31/h11-16,25H,1-10H3. The second kappa shape index (κ2) is 9.27. The summed E-state index contributed by atoms with van der Waals surface area (Å²) in [5, 5.41) is 0. The van der Waals surface area contributed by atoms with Crippen LogP contribution in [0.4, 0.5) is 13.2 Å². The second-order valence-corrected chi connectivity index (χ2v) is 18.1. The molecule has 4 nitrogen and oxygen atoms in total. The number of fused-ring (bicyclic) bond motifs is 1. The van der Waals surface area contributed by atoms with Crippen LogP contribution in [0.1, 0.15) is 76.3 Å². The summed E-state index contributed by atoms with van der Waals surface area (Å²) >= 11 is 0. The van der Waals surface area contributed by atoms with Crippen molar-refractivity contribution in [2.45, 2.75) is 83.4 Å². The molecular formula is C28H37F3O4SSi. The van der Waals surface area contributed by atoms with Crippen LogP contribution in [0.15, 0.2) is 35.9 Å². The predicted molar refractivity (Wildman–Crippen MR) is 146 cm³/mol. The highest BCUT2D eigenvalue weighted by Crippen LogP contribution is 2.49. The fraction of sp³-hybridized carbons (Fsp3) is 0.500. The number of halogens is 3. The normalized spacial score (nSPS) is 17.0. The lowest BCUT2D eigenvalue weighted by atomic mass is 9.77. The van der Waals surface area contributed by atoms with E-state index < -0.39 is 29.5 Å². The van der Waals surface area contributed by atoms with Gasteiger partial charge in [-0.15, -0.1) is 0 Å². The van der Waals surface area contributed by atoms with E-state index in [0.29, 0.717) is 0 Å². The maximum Gasteiger partial charge on any atom is 0.522 e. The van der Waals surface area contributed by atoms with Crippen molar-refractivity contribution in [2.75, 3.05) is 7.11 Å². The van der Waals surface area contributed by atoms with Crippen molar-refractivity contribution in [3.8, 4) is 16.9 Å². The third-order valence-corrected chi connectivity index (χ3v) is 12.1. The van der Waals surface area contributed by atoms with Crippen LogP contribution in [-0.4, -0.2) is 29.4 Å². The summed E-state index contributed by atoms with van der Waals surface area (Å²) in [4.78, 5) is 0. The summed E-state index contributed by atoms with van der Waals surface area (Å²) in [7, 11) is -7.48. The fourth-order valence-corrected chi connectivity index (χ4v) is 10.4. The Hall–Kier alpha value is -2.10. The van der Waals surface area contributed by atoms with E-state index >= 15 is 0 Å². The summed E-state index contributed by atoms with van der Waals surface area (Å²) in [6.45, 7) is 17.6. The molecule has 0 bridgehead atoms. The van der Waals surface area contributed by atoms with Crippen LogP contribution in [-0.2, 0) is 24.8 Å². The molecule has 0 aromatic heterocycles. The average molecular weight is 555 g/mol. The number of ether oxygens (including phenoxy) is 1. The third kappa shape index (κ3) is 5.54. The number of allylic oxidation sites excluding steroid dienone is 1. The highest BCUT2D eigenvalue weighted by atomic mass is 32.2. The van der Waals surface area contributed by atoms with E-state index in [1.165, 1.54) is 13.1 Å². The molecule has 0 saturated heterocycles. The molecule has 3 rings (SSSR count). The fourth-order valence-electron chi connectivity index (χ4n) is 5.22. The lowest BCUT2D eigenvalue weighted by Crippen LogP contribution is -2.44. The number of benzene rings is 2. The summed E-state index contributed by atoms with van der Waals surface area (Å²) < 4.78 is 74.1. The van der Waals surface area contributed by atoms with Gasteiger partial charge in [-0.3, -0.25) is 0 Å². The van der Waals surface area contributed by atoms with Crippen LogP contribution >= 0.6 is 0 Å². The Balaban J connectivity index is 2.24. The second-order valence-electron chi connectivity index (χ2n) is 12.3. The molecule has 0 aliphatic heterocycles. The third-order valence-electron chi connectivity index (χ3n) is 6.80. The van der Waals surface area contributed by atoms with Gasteiger partial charge in [-0.1, -0.05) is 71.4 Å². The molecule has 0 radical (unpaired) electrons. The molecule has 2 aromatic carbocycles. The topological polar surface area (TPSA) is 52.6 Å². The Labute approximate surface area is 220 Å². The zero-order chi connectivity index (χ0) is 28.4. The molecule has 2 aromatic rings. The van der Waals surface area contributed by atoms with Gasteiger partial charge in [-0.25, -0.2) is 0 Å². The predicted octanol–water partition coefficient (Wildman–Crippen LogP) is 8.07. The Morgan fingerprint density at radius 3 is 1.86 bits per heavy atom. The molecule has 1 unspecified atom stereocenters. The molecule has 1 aliphatic carbocycles. The van der Waals surface area contributed by atoms with Gasteiger partial charge in [0.2, 0.25) is 8.32 Å². The highest BCUT2D eigenvalue weighted by Gasteiger charge is 2.53. The number of alkyl halides is 3. The SMILES string of the molecule is COc1c(C(C)(C)C)cc(-c2cccc3c2C=C(C)C3[Si](C)(C)OS(=O)(=O)C(F)(F)F)cc1C(C)(C)C. The molecule has 1 atom stereocenters. The number of methoxy groups -OCH3 is 1. The quantitative estimate of drug-likeness (QED) is 0.277. The van der Waals surface area contributed by atoms with Gasteiger partial charge in [0.05, 0.1) is 7.11 Å². The van der Waals surface area contributed by atoms with Crippen molar-refractivity contribution in [1.29, 1.82) is 0 Å². The molecule has 0 saturated carbocycles. The summed E-state index contributed by atoms with van der Waals surface area (Å²) in [6.07, 6.45) is 1.95. The zero-order valence-corrected chi connectivity index (χ0v) is 25.0. The maximum absolute atomic E-state index is 13.1. The van der Waals surface area contributed by atoms with Gasteiger partial charge >= 0.3 is 15.6 Å². The molecule has 1 aliphatic rings. The Morgan fingerprint density at radius 2 is 1.43 bits per heavy atom. The average Bonchev–Trinajstić information content (AvgIpc) is 3.06. The number of hydrogen-bond donors (Lipinski definition) is 0. The van der Waals surface area contributed by atoms with Crippen molar-refractivity contribution >= 4 is 24.5 Å². The van der Waals surface area contributed by atoms with E-state index in [1.807, 2.05) is 31.2 Å².